The molecule has 0 fully saturated rings. The van der Waals surface area contributed by atoms with Crippen LogP contribution in [0.15, 0.2) is 40.9 Å². The normalized spacial score (nSPS) is 10.4. The minimum Gasteiger partial charge on any atom is -0.379 e. The summed E-state index contributed by atoms with van der Waals surface area (Å²) in [6.45, 7) is 0.516. The molecule has 0 heterocycles. The molecule has 1 nitrogen and oxygen atoms in total. The molecule has 0 aliphatic rings. The van der Waals surface area contributed by atoms with Crippen molar-refractivity contribution < 1.29 is 4.39 Å². The van der Waals surface area contributed by atoms with Crippen molar-refractivity contribution >= 4 is 44.8 Å². The van der Waals surface area contributed by atoms with Crippen LogP contribution >= 0.6 is 39.1 Å². The number of halogens is 4. The van der Waals surface area contributed by atoms with Crippen LogP contribution in [0.1, 0.15) is 5.56 Å². The Balaban J connectivity index is 2.14. The predicted molar refractivity (Wildman–Crippen MR) is 77.9 cm³/mol. The van der Waals surface area contributed by atoms with Crippen LogP contribution in [0.2, 0.25) is 10.0 Å². The number of benzene rings is 2. The molecule has 0 aliphatic carbocycles. The highest BCUT2D eigenvalue weighted by Gasteiger charge is 2.05. The first-order valence-corrected chi connectivity index (χ1v) is 6.74. The van der Waals surface area contributed by atoms with Crippen LogP contribution in [0.3, 0.4) is 0 Å². The monoisotopic (exact) mass is 347 g/mol. The van der Waals surface area contributed by atoms with Crippen LogP contribution < -0.4 is 5.32 Å². The summed E-state index contributed by atoms with van der Waals surface area (Å²) in [5, 5.41) is 4.25. The Kier molecular flexibility index (Phi) is 4.49. The predicted octanol–water partition coefficient (Wildman–Crippen LogP) is 5.51. The molecule has 0 aliphatic heterocycles. The molecule has 0 aromatic heterocycles. The molecular weight excluding hydrogens is 340 g/mol. The van der Waals surface area contributed by atoms with Crippen molar-refractivity contribution in [3.63, 3.8) is 0 Å². The van der Waals surface area contributed by atoms with E-state index in [9.17, 15) is 4.39 Å². The first-order chi connectivity index (χ1) is 8.58. The maximum absolute atomic E-state index is 13.1. The van der Waals surface area contributed by atoms with Gasteiger partial charge in [0.15, 0.2) is 0 Å². The van der Waals surface area contributed by atoms with Crippen LogP contribution in [0.25, 0.3) is 0 Å². The minimum atomic E-state index is -0.283. The second-order valence-electron chi connectivity index (χ2n) is 3.70. The third kappa shape index (κ3) is 3.16. The van der Waals surface area contributed by atoms with Gasteiger partial charge in [0, 0.05) is 6.54 Å². The van der Waals surface area contributed by atoms with Gasteiger partial charge in [-0.1, -0.05) is 35.3 Å². The molecule has 2 aromatic carbocycles. The lowest BCUT2D eigenvalue weighted by atomic mass is 10.2. The Hall–Kier alpha value is -0.770. The fourth-order valence-corrected chi connectivity index (χ4v) is 2.46. The van der Waals surface area contributed by atoms with E-state index < -0.39 is 0 Å². The van der Waals surface area contributed by atoms with Gasteiger partial charge in [-0.3, -0.25) is 0 Å². The van der Waals surface area contributed by atoms with E-state index in [2.05, 4.69) is 21.2 Å². The molecule has 0 saturated carbocycles. The molecule has 0 spiro atoms. The lowest BCUT2D eigenvalue weighted by Gasteiger charge is -2.10. The smallest absolute Gasteiger partial charge is 0.137 e. The fraction of sp³-hybridized carbons (Fsp3) is 0.0769. The van der Waals surface area contributed by atoms with Crippen molar-refractivity contribution in [2.24, 2.45) is 0 Å². The third-order valence-electron chi connectivity index (χ3n) is 2.42. The van der Waals surface area contributed by atoms with E-state index in [1.807, 2.05) is 0 Å². The fourth-order valence-electron chi connectivity index (χ4n) is 1.51. The molecule has 0 atom stereocenters. The van der Waals surface area contributed by atoms with Crippen molar-refractivity contribution in [1.29, 1.82) is 0 Å². The van der Waals surface area contributed by atoms with E-state index in [1.54, 1.807) is 30.3 Å². The van der Waals surface area contributed by atoms with Crippen molar-refractivity contribution in [3.05, 3.63) is 62.3 Å². The number of nitrogens with one attached hydrogen (secondary N) is 1. The highest BCUT2D eigenvalue weighted by molar-refractivity contribution is 9.10. The van der Waals surface area contributed by atoms with Gasteiger partial charge in [-0.2, -0.15) is 0 Å². The molecule has 2 rings (SSSR count). The number of anilines is 1. The quantitative estimate of drug-likeness (QED) is 0.771. The van der Waals surface area contributed by atoms with E-state index in [-0.39, 0.29) is 5.82 Å². The summed E-state index contributed by atoms with van der Waals surface area (Å²) < 4.78 is 13.5. The summed E-state index contributed by atoms with van der Waals surface area (Å²) >= 11 is 15.2. The molecule has 0 saturated heterocycles. The summed E-state index contributed by atoms with van der Waals surface area (Å²) in [5.41, 5.74) is 1.61. The highest BCUT2D eigenvalue weighted by atomic mass is 79.9. The number of hydrogen-bond acceptors (Lipinski definition) is 1. The topological polar surface area (TPSA) is 12.0 Å². The largest absolute Gasteiger partial charge is 0.379 e. The SMILES string of the molecule is Fc1ccc(CNc2c(Cl)cccc2Cl)cc1Br. The van der Waals surface area contributed by atoms with Gasteiger partial charge in [0.05, 0.1) is 20.2 Å². The average Bonchev–Trinajstić information content (AvgIpc) is 2.33. The van der Waals surface area contributed by atoms with Crippen LogP contribution in [-0.4, -0.2) is 0 Å². The maximum Gasteiger partial charge on any atom is 0.137 e. The Morgan fingerprint density at radius 2 is 1.78 bits per heavy atom. The Bertz CT molecular complexity index is 555. The van der Waals surface area contributed by atoms with Crippen molar-refractivity contribution in [2.75, 3.05) is 5.32 Å². The van der Waals surface area contributed by atoms with E-state index >= 15 is 0 Å². The van der Waals surface area contributed by atoms with Gasteiger partial charge in [0.1, 0.15) is 5.82 Å². The molecule has 0 bridgehead atoms. The van der Waals surface area contributed by atoms with Crippen molar-refractivity contribution in [2.45, 2.75) is 6.54 Å². The van der Waals surface area contributed by atoms with E-state index in [4.69, 9.17) is 23.2 Å². The van der Waals surface area contributed by atoms with Gasteiger partial charge in [0.25, 0.3) is 0 Å². The van der Waals surface area contributed by atoms with E-state index in [1.165, 1.54) is 6.07 Å². The molecule has 2 aromatic rings. The highest BCUT2D eigenvalue weighted by Crippen LogP contribution is 2.30. The summed E-state index contributed by atoms with van der Waals surface area (Å²) in [4.78, 5) is 0. The second-order valence-corrected chi connectivity index (χ2v) is 5.37. The lowest BCUT2D eigenvalue weighted by Crippen LogP contribution is -2.01. The first-order valence-electron chi connectivity index (χ1n) is 5.20. The molecule has 0 unspecified atom stereocenters. The summed E-state index contributed by atoms with van der Waals surface area (Å²) in [6.07, 6.45) is 0. The molecule has 0 radical (unpaired) electrons. The minimum absolute atomic E-state index is 0.283. The average molecular weight is 349 g/mol. The Labute approximate surface area is 123 Å². The zero-order chi connectivity index (χ0) is 13.1. The van der Waals surface area contributed by atoms with Crippen LogP contribution in [-0.2, 0) is 6.54 Å². The third-order valence-corrected chi connectivity index (χ3v) is 3.65. The number of rotatable bonds is 3. The Morgan fingerprint density at radius 3 is 2.39 bits per heavy atom. The molecular formula is C13H9BrCl2FN. The molecule has 94 valence electrons. The van der Waals surface area contributed by atoms with Gasteiger partial charge < -0.3 is 5.32 Å². The van der Waals surface area contributed by atoms with Gasteiger partial charge in [-0.25, -0.2) is 4.39 Å². The summed E-state index contributed by atoms with van der Waals surface area (Å²) in [6, 6.07) is 10.1. The zero-order valence-corrected chi connectivity index (χ0v) is 12.3. The van der Waals surface area contributed by atoms with Gasteiger partial charge >= 0.3 is 0 Å². The lowest BCUT2D eigenvalue weighted by molar-refractivity contribution is 0.620. The van der Waals surface area contributed by atoms with Gasteiger partial charge in [-0.15, -0.1) is 0 Å². The number of hydrogen-bond donors (Lipinski definition) is 1. The Morgan fingerprint density at radius 1 is 1.11 bits per heavy atom. The van der Waals surface area contributed by atoms with E-state index in [0.29, 0.717) is 26.8 Å². The van der Waals surface area contributed by atoms with Gasteiger partial charge in [0.2, 0.25) is 0 Å². The number of para-hydroxylation sites is 1. The second kappa shape index (κ2) is 5.91. The molecule has 0 amide bonds. The van der Waals surface area contributed by atoms with Crippen LogP contribution in [0.5, 0.6) is 0 Å². The van der Waals surface area contributed by atoms with Crippen LogP contribution in [0, 0.1) is 5.82 Å². The molecule has 1 N–H and O–H groups in total. The van der Waals surface area contributed by atoms with Crippen molar-refractivity contribution in [1.82, 2.24) is 0 Å². The van der Waals surface area contributed by atoms with Gasteiger partial charge in [-0.05, 0) is 45.8 Å². The molecule has 18 heavy (non-hydrogen) atoms. The maximum atomic E-state index is 13.1. The first kappa shape index (κ1) is 13.7. The van der Waals surface area contributed by atoms with E-state index in [0.717, 1.165) is 5.56 Å². The summed E-state index contributed by atoms with van der Waals surface area (Å²) in [7, 11) is 0. The summed E-state index contributed by atoms with van der Waals surface area (Å²) in [5.74, 6) is -0.283. The molecule has 5 heteroatoms. The zero-order valence-electron chi connectivity index (χ0n) is 9.18. The van der Waals surface area contributed by atoms with Crippen LogP contribution in [0.4, 0.5) is 10.1 Å². The standard InChI is InChI=1S/C13H9BrCl2FN/c14-9-6-8(4-5-12(9)17)7-18-13-10(15)2-1-3-11(13)16/h1-6,18H,7H2. The van der Waals surface area contributed by atoms with Crippen molar-refractivity contribution in [3.8, 4) is 0 Å².